The molecule has 2 aliphatic heterocycles. The quantitative estimate of drug-likeness (QED) is 0.677. The largest absolute Gasteiger partial charge is 0.454 e. The van der Waals surface area contributed by atoms with Crippen molar-refractivity contribution in [2.75, 3.05) is 19.9 Å². The van der Waals surface area contributed by atoms with Gasteiger partial charge in [0.05, 0.1) is 0 Å². The molecular weight excluding hydrogens is 370 g/mol. The summed E-state index contributed by atoms with van der Waals surface area (Å²) in [5.41, 5.74) is 1.59. The number of aromatic nitrogens is 2. The van der Waals surface area contributed by atoms with Crippen LogP contribution in [-0.4, -0.2) is 40.8 Å². The Morgan fingerprint density at radius 1 is 1.03 bits per heavy atom. The third kappa shape index (κ3) is 3.68. The predicted molar refractivity (Wildman–Crippen MR) is 105 cm³/mol. The van der Waals surface area contributed by atoms with E-state index in [4.69, 9.17) is 14.0 Å². The van der Waals surface area contributed by atoms with Gasteiger partial charge in [-0.1, -0.05) is 35.5 Å². The maximum atomic E-state index is 12.8. The van der Waals surface area contributed by atoms with Gasteiger partial charge < -0.3 is 18.9 Å². The number of fused-ring (bicyclic) bond motifs is 1. The molecular formula is C22H21N3O4. The van der Waals surface area contributed by atoms with E-state index in [0.717, 1.165) is 37.9 Å². The number of rotatable bonds is 4. The first-order valence-corrected chi connectivity index (χ1v) is 9.83. The van der Waals surface area contributed by atoms with Crippen molar-refractivity contribution in [3.8, 4) is 22.9 Å². The molecule has 0 spiro atoms. The number of likely N-dealkylation sites (tertiary alicyclic amines) is 1. The zero-order valence-corrected chi connectivity index (χ0v) is 15.9. The Balaban J connectivity index is 1.18. The average Bonchev–Trinajstić information content (AvgIpc) is 3.43. The molecule has 0 N–H and O–H groups in total. The SMILES string of the molecule is O=C(c1ccc2c(c1)OCO2)N1CCC(Cc2nc(-c3ccccc3)no2)CC1. The molecule has 0 atom stereocenters. The van der Waals surface area contributed by atoms with Crippen LogP contribution >= 0.6 is 0 Å². The summed E-state index contributed by atoms with van der Waals surface area (Å²) in [6.45, 7) is 1.65. The average molecular weight is 391 g/mol. The number of hydrogen-bond donors (Lipinski definition) is 0. The zero-order valence-electron chi connectivity index (χ0n) is 15.9. The van der Waals surface area contributed by atoms with Gasteiger partial charge in [0, 0.05) is 30.6 Å². The highest BCUT2D eigenvalue weighted by atomic mass is 16.7. The van der Waals surface area contributed by atoms with Crippen molar-refractivity contribution in [3.05, 3.63) is 60.0 Å². The topological polar surface area (TPSA) is 77.7 Å². The molecule has 148 valence electrons. The first-order chi connectivity index (χ1) is 14.3. The van der Waals surface area contributed by atoms with Crippen molar-refractivity contribution >= 4 is 5.91 Å². The van der Waals surface area contributed by atoms with Crippen LogP contribution in [0.2, 0.25) is 0 Å². The summed E-state index contributed by atoms with van der Waals surface area (Å²) in [5, 5.41) is 4.09. The van der Waals surface area contributed by atoms with Gasteiger partial charge in [0.2, 0.25) is 18.5 Å². The molecule has 2 aliphatic rings. The number of benzene rings is 2. The van der Waals surface area contributed by atoms with Crippen molar-refractivity contribution in [1.82, 2.24) is 15.0 Å². The van der Waals surface area contributed by atoms with Crippen molar-refractivity contribution < 1.29 is 18.8 Å². The van der Waals surface area contributed by atoms with E-state index in [1.807, 2.05) is 35.2 Å². The van der Waals surface area contributed by atoms with Crippen LogP contribution in [0.5, 0.6) is 11.5 Å². The van der Waals surface area contributed by atoms with Gasteiger partial charge in [0.25, 0.3) is 5.91 Å². The third-order valence-electron chi connectivity index (χ3n) is 5.48. The highest BCUT2D eigenvalue weighted by Gasteiger charge is 2.26. The first-order valence-electron chi connectivity index (χ1n) is 9.83. The second-order valence-electron chi connectivity index (χ2n) is 7.39. The summed E-state index contributed by atoms with van der Waals surface area (Å²) in [4.78, 5) is 19.2. The molecule has 1 saturated heterocycles. The van der Waals surface area contributed by atoms with E-state index in [1.54, 1.807) is 18.2 Å². The molecule has 0 bridgehead atoms. The lowest BCUT2D eigenvalue weighted by atomic mass is 9.93. The Morgan fingerprint density at radius 3 is 2.66 bits per heavy atom. The van der Waals surface area contributed by atoms with Crippen LogP contribution in [0.25, 0.3) is 11.4 Å². The highest BCUT2D eigenvalue weighted by Crippen LogP contribution is 2.33. The summed E-state index contributed by atoms with van der Waals surface area (Å²) in [7, 11) is 0. The van der Waals surface area contributed by atoms with Crippen LogP contribution < -0.4 is 9.47 Å². The fraction of sp³-hybridized carbons (Fsp3) is 0.318. The number of carbonyl (C=O) groups excluding carboxylic acids is 1. The lowest BCUT2D eigenvalue weighted by Crippen LogP contribution is -2.38. The van der Waals surface area contributed by atoms with E-state index < -0.39 is 0 Å². The number of ether oxygens (including phenoxy) is 2. The minimum atomic E-state index is 0.0332. The van der Waals surface area contributed by atoms with Crippen LogP contribution in [-0.2, 0) is 6.42 Å². The lowest BCUT2D eigenvalue weighted by Gasteiger charge is -2.31. The van der Waals surface area contributed by atoms with Gasteiger partial charge in [0.15, 0.2) is 11.5 Å². The van der Waals surface area contributed by atoms with E-state index in [0.29, 0.717) is 34.7 Å². The molecule has 0 aliphatic carbocycles. The molecule has 0 saturated carbocycles. The Hall–Kier alpha value is -3.35. The van der Waals surface area contributed by atoms with Gasteiger partial charge in [-0.15, -0.1) is 0 Å². The molecule has 7 nitrogen and oxygen atoms in total. The number of piperidine rings is 1. The predicted octanol–water partition coefficient (Wildman–Crippen LogP) is 3.56. The van der Waals surface area contributed by atoms with Crippen molar-refractivity contribution in [1.29, 1.82) is 0 Å². The van der Waals surface area contributed by atoms with E-state index >= 15 is 0 Å². The molecule has 7 heteroatoms. The molecule has 1 aromatic heterocycles. The van der Waals surface area contributed by atoms with Crippen molar-refractivity contribution in [3.63, 3.8) is 0 Å². The molecule has 1 amide bonds. The number of carbonyl (C=O) groups is 1. The Kier molecular flexibility index (Phi) is 4.63. The zero-order chi connectivity index (χ0) is 19.6. The smallest absolute Gasteiger partial charge is 0.253 e. The van der Waals surface area contributed by atoms with E-state index in [1.165, 1.54) is 0 Å². The summed E-state index contributed by atoms with van der Waals surface area (Å²) < 4.78 is 16.1. The van der Waals surface area contributed by atoms with Crippen molar-refractivity contribution in [2.45, 2.75) is 19.3 Å². The third-order valence-corrected chi connectivity index (χ3v) is 5.48. The van der Waals surface area contributed by atoms with E-state index in [2.05, 4.69) is 10.1 Å². The summed E-state index contributed by atoms with van der Waals surface area (Å²) in [5.74, 6) is 3.07. The molecule has 29 heavy (non-hydrogen) atoms. The Morgan fingerprint density at radius 2 is 1.83 bits per heavy atom. The van der Waals surface area contributed by atoms with Gasteiger partial charge in [-0.25, -0.2) is 0 Å². The second-order valence-corrected chi connectivity index (χ2v) is 7.39. The van der Waals surface area contributed by atoms with E-state index in [-0.39, 0.29) is 12.7 Å². The van der Waals surface area contributed by atoms with Gasteiger partial charge in [-0.3, -0.25) is 4.79 Å². The van der Waals surface area contributed by atoms with Gasteiger partial charge in [0.1, 0.15) is 0 Å². The summed E-state index contributed by atoms with van der Waals surface area (Å²) in [6.07, 6.45) is 2.57. The summed E-state index contributed by atoms with van der Waals surface area (Å²) in [6, 6.07) is 15.2. The Bertz CT molecular complexity index is 1010. The summed E-state index contributed by atoms with van der Waals surface area (Å²) >= 11 is 0. The molecule has 5 rings (SSSR count). The minimum Gasteiger partial charge on any atom is -0.454 e. The van der Waals surface area contributed by atoms with Crippen LogP contribution in [0.1, 0.15) is 29.1 Å². The first kappa shape index (κ1) is 17.7. The molecule has 1 fully saturated rings. The van der Waals surface area contributed by atoms with Gasteiger partial charge in [-0.2, -0.15) is 4.98 Å². The maximum absolute atomic E-state index is 12.8. The minimum absolute atomic E-state index is 0.0332. The van der Waals surface area contributed by atoms with E-state index in [9.17, 15) is 4.79 Å². The lowest BCUT2D eigenvalue weighted by molar-refractivity contribution is 0.0687. The normalized spacial score (nSPS) is 16.2. The monoisotopic (exact) mass is 391 g/mol. The molecule has 3 aromatic rings. The standard InChI is InChI=1S/C22H21N3O4/c26-22(17-6-7-18-19(13-17)28-14-27-18)25-10-8-15(9-11-25)12-20-23-21(24-29-20)16-4-2-1-3-5-16/h1-7,13,15H,8-12,14H2. The highest BCUT2D eigenvalue weighted by molar-refractivity contribution is 5.95. The number of amides is 1. The second kappa shape index (κ2) is 7.58. The van der Waals surface area contributed by atoms with Crippen LogP contribution in [0.15, 0.2) is 53.1 Å². The van der Waals surface area contributed by atoms with Gasteiger partial charge >= 0.3 is 0 Å². The number of hydrogen-bond acceptors (Lipinski definition) is 6. The van der Waals surface area contributed by atoms with Crippen LogP contribution in [0.4, 0.5) is 0 Å². The van der Waals surface area contributed by atoms with Crippen molar-refractivity contribution in [2.24, 2.45) is 5.92 Å². The number of nitrogens with zero attached hydrogens (tertiary/aromatic N) is 3. The van der Waals surface area contributed by atoms with Crippen LogP contribution in [0, 0.1) is 5.92 Å². The molecule has 3 heterocycles. The molecule has 0 radical (unpaired) electrons. The van der Waals surface area contributed by atoms with Crippen LogP contribution in [0.3, 0.4) is 0 Å². The van der Waals surface area contributed by atoms with Gasteiger partial charge in [-0.05, 0) is 37.0 Å². The maximum Gasteiger partial charge on any atom is 0.253 e. The molecule has 0 unspecified atom stereocenters. The Labute approximate surface area is 168 Å². The fourth-order valence-electron chi connectivity index (χ4n) is 3.84. The fourth-order valence-corrected chi connectivity index (χ4v) is 3.84. The molecule has 2 aromatic carbocycles.